The summed E-state index contributed by atoms with van der Waals surface area (Å²) in [6.07, 6.45) is 1.11. The van der Waals surface area contributed by atoms with Crippen LogP contribution in [0.3, 0.4) is 0 Å². The first-order valence-electron chi connectivity index (χ1n) is 6.40. The first-order chi connectivity index (χ1) is 8.26. The molecule has 0 amide bonds. The fourth-order valence-electron chi connectivity index (χ4n) is 2.42. The minimum atomic E-state index is 0.482. The Morgan fingerprint density at radius 2 is 2.29 bits per heavy atom. The lowest BCUT2D eigenvalue weighted by Crippen LogP contribution is -2.45. The summed E-state index contributed by atoms with van der Waals surface area (Å²) in [5, 5.41) is 0. The molecule has 1 fully saturated rings. The molecule has 1 atom stereocenters. The average molecular weight is 234 g/mol. The van der Waals surface area contributed by atoms with Crippen LogP contribution in [0.4, 0.5) is 5.69 Å². The molecule has 1 aromatic rings. The van der Waals surface area contributed by atoms with Crippen molar-refractivity contribution in [3.05, 3.63) is 29.3 Å². The van der Waals surface area contributed by atoms with Gasteiger partial charge in [0, 0.05) is 18.8 Å². The third kappa shape index (κ3) is 2.61. The van der Waals surface area contributed by atoms with Crippen LogP contribution in [0.5, 0.6) is 0 Å². The highest BCUT2D eigenvalue weighted by Crippen LogP contribution is 2.26. The zero-order chi connectivity index (χ0) is 12.3. The van der Waals surface area contributed by atoms with Gasteiger partial charge in [-0.3, -0.25) is 0 Å². The molecule has 0 radical (unpaired) electrons. The molecule has 0 aromatic heterocycles. The van der Waals surface area contributed by atoms with E-state index in [0.717, 1.165) is 26.2 Å². The molecule has 2 N–H and O–H groups in total. The maximum Gasteiger partial charge on any atom is 0.0670 e. The Morgan fingerprint density at radius 3 is 3.00 bits per heavy atom. The van der Waals surface area contributed by atoms with Crippen molar-refractivity contribution in [1.29, 1.82) is 0 Å². The monoisotopic (exact) mass is 234 g/mol. The van der Waals surface area contributed by atoms with E-state index in [2.05, 4.69) is 36.9 Å². The molecule has 1 saturated heterocycles. The van der Waals surface area contributed by atoms with Crippen molar-refractivity contribution < 1.29 is 4.74 Å². The summed E-state index contributed by atoms with van der Waals surface area (Å²) >= 11 is 0. The summed E-state index contributed by atoms with van der Waals surface area (Å²) in [4.78, 5) is 2.46. The largest absolute Gasteiger partial charge is 0.377 e. The van der Waals surface area contributed by atoms with Crippen LogP contribution in [0.15, 0.2) is 18.2 Å². The second-order valence-corrected chi connectivity index (χ2v) is 4.67. The highest BCUT2D eigenvalue weighted by Gasteiger charge is 2.23. The zero-order valence-corrected chi connectivity index (χ0v) is 10.8. The standard InChI is InChI=1S/C14H22N2O/c1-3-13-10-17-7-6-16(13)14-8-11(2)4-5-12(14)9-15/h4-5,8,13H,3,6-7,9-10,15H2,1-2H3. The Labute approximate surface area is 104 Å². The maximum atomic E-state index is 5.84. The van der Waals surface area contributed by atoms with Crippen LogP contribution in [-0.4, -0.2) is 25.8 Å². The van der Waals surface area contributed by atoms with Crippen LogP contribution in [-0.2, 0) is 11.3 Å². The summed E-state index contributed by atoms with van der Waals surface area (Å²) in [7, 11) is 0. The molecule has 0 spiro atoms. The number of ether oxygens (including phenoxy) is 1. The molecule has 94 valence electrons. The van der Waals surface area contributed by atoms with Crippen molar-refractivity contribution >= 4 is 5.69 Å². The van der Waals surface area contributed by atoms with Gasteiger partial charge < -0.3 is 15.4 Å². The van der Waals surface area contributed by atoms with E-state index in [1.807, 2.05) is 0 Å². The van der Waals surface area contributed by atoms with E-state index in [-0.39, 0.29) is 0 Å². The fourth-order valence-corrected chi connectivity index (χ4v) is 2.42. The molecule has 0 saturated carbocycles. The minimum Gasteiger partial charge on any atom is -0.377 e. The third-order valence-corrected chi connectivity index (χ3v) is 3.47. The third-order valence-electron chi connectivity index (χ3n) is 3.47. The summed E-state index contributed by atoms with van der Waals surface area (Å²) in [6, 6.07) is 7.01. The SMILES string of the molecule is CCC1COCCN1c1cc(C)ccc1CN. The molecule has 0 bridgehead atoms. The molecule has 1 aliphatic heterocycles. The topological polar surface area (TPSA) is 38.5 Å². The Balaban J connectivity index is 2.33. The maximum absolute atomic E-state index is 5.84. The molecule has 1 aliphatic rings. The van der Waals surface area contributed by atoms with Crippen LogP contribution in [0.2, 0.25) is 0 Å². The molecule has 2 rings (SSSR count). The van der Waals surface area contributed by atoms with Gasteiger partial charge in [-0.25, -0.2) is 0 Å². The molecule has 0 aliphatic carbocycles. The van der Waals surface area contributed by atoms with Crippen LogP contribution < -0.4 is 10.6 Å². The predicted octanol–water partition coefficient (Wildman–Crippen LogP) is 2.07. The van der Waals surface area contributed by atoms with Crippen molar-refractivity contribution in [2.75, 3.05) is 24.7 Å². The number of aryl methyl sites for hydroxylation is 1. The fraction of sp³-hybridized carbons (Fsp3) is 0.571. The van der Waals surface area contributed by atoms with Crippen LogP contribution in [0.25, 0.3) is 0 Å². The molecular weight excluding hydrogens is 212 g/mol. The molecule has 1 heterocycles. The number of benzene rings is 1. The van der Waals surface area contributed by atoms with E-state index in [4.69, 9.17) is 10.5 Å². The van der Waals surface area contributed by atoms with Crippen LogP contribution in [0.1, 0.15) is 24.5 Å². The first-order valence-corrected chi connectivity index (χ1v) is 6.40. The number of nitrogens with zero attached hydrogens (tertiary/aromatic N) is 1. The number of morpholine rings is 1. The number of rotatable bonds is 3. The number of hydrogen-bond acceptors (Lipinski definition) is 3. The Hall–Kier alpha value is -1.06. The number of nitrogens with two attached hydrogens (primary N) is 1. The average Bonchev–Trinajstić information content (AvgIpc) is 2.38. The van der Waals surface area contributed by atoms with Gasteiger partial charge in [-0.1, -0.05) is 19.1 Å². The van der Waals surface area contributed by atoms with Crippen molar-refractivity contribution in [1.82, 2.24) is 0 Å². The Bertz CT molecular complexity index is 378. The van der Waals surface area contributed by atoms with Gasteiger partial charge in [0.2, 0.25) is 0 Å². The Morgan fingerprint density at radius 1 is 1.47 bits per heavy atom. The normalized spacial score (nSPS) is 20.6. The summed E-state index contributed by atoms with van der Waals surface area (Å²) in [5.74, 6) is 0. The lowest BCUT2D eigenvalue weighted by atomic mass is 10.1. The van der Waals surface area contributed by atoms with Crippen molar-refractivity contribution in [2.45, 2.75) is 32.9 Å². The highest BCUT2D eigenvalue weighted by molar-refractivity contribution is 5.56. The van der Waals surface area contributed by atoms with E-state index >= 15 is 0 Å². The van der Waals surface area contributed by atoms with E-state index in [1.54, 1.807) is 0 Å². The minimum absolute atomic E-state index is 0.482. The molecule has 1 unspecified atom stereocenters. The summed E-state index contributed by atoms with van der Waals surface area (Å²) < 4.78 is 5.56. The van der Waals surface area contributed by atoms with Gasteiger partial charge in [0.1, 0.15) is 0 Å². The van der Waals surface area contributed by atoms with Crippen molar-refractivity contribution in [3.8, 4) is 0 Å². The molecular formula is C14H22N2O. The van der Waals surface area contributed by atoms with Crippen molar-refractivity contribution in [3.63, 3.8) is 0 Å². The van der Waals surface area contributed by atoms with E-state index in [9.17, 15) is 0 Å². The second-order valence-electron chi connectivity index (χ2n) is 4.67. The van der Waals surface area contributed by atoms with Crippen LogP contribution in [0, 0.1) is 6.92 Å². The van der Waals surface area contributed by atoms with Crippen LogP contribution >= 0.6 is 0 Å². The van der Waals surface area contributed by atoms with Gasteiger partial charge in [0.15, 0.2) is 0 Å². The molecule has 17 heavy (non-hydrogen) atoms. The molecule has 3 nitrogen and oxygen atoms in total. The van der Waals surface area contributed by atoms with Crippen molar-refractivity contribution in [2.24, 2.45) is 5.73 Å². The van der Waals surface area contributed by atoms with Gasteiger partial charge in [-0.15, -0.1) is 0 Å². The predicted molar refractivity (Wildman–Crippen MR) is 71.3 cm³/mol. The van der Waals surface area contributed by atoms with E-state index < -0.39 is 0 Å². The lowest BCUT2D eigenvalue weighted by Gasteiger charge is -2.38. The quantitative estimate of drug-likeness (QED) is 0.870. The highest BCUT2D eigenvalue weighted by atomic mass is 16.5. The van der Waals surface area contributed by atoms with Gasteiger partial charge in [-0.05, 0) is 30.5 Å². The van der Waals surface area contributed by atoms with Gasteiger partial charge in [0.05, 0.1) is 19.3 Å². The Kier molecular flexibility index (Phi) is 4.02. The molecule has 3 heteroatoms. The molecule has 1 aromatic carbocycles. The summed E-state index contributed by atoms with van der Waals surface area (Å²) in [6.45, 7) is 7.55. The van der Waals surface area contributed by atoms with E-state index in [1.165, 1.54) is 16.8 Å². The van der Waals surface area contributed by atoms with Gasteiger partial charge in [-0.2, -0.15) is 0 Å². The lowest BCUT2D eigenvalue weighted by molar-refractivity contribution is 0.0929. The smallest absolute Gasteiger partial charge is 0.0670 e. The second kappa shape index (κ2) is 5.52. The van der Waals surface area contributed by atoms with Gasteiger partial charge in [0.25, 0.3) is 0 Å². The van der Waals surface area contributed by atoms with E-state index in [0.29, 0.717) is 12.6 Å². The first kappa shape index (κ1) is 12.4. The zero-order valence-electron chi connectivity index (χ0n) is 10.8. The number of anilines is 1. The summed E-state index contributed by atoms with van der Waals surface area (Å²) in [5.41, 5.74) is 9.65. The number of hydrogen-bond donors (Lipinski definition) is 1. The van der Waals surface area contributed by atoms with Gasteiger partial charge >= 0.3 is 0 Å².